The van der Waals surface area contributed by atoms with Crippen molar-refractivity contribution in [2.24, 2.45) is 0 Å². The Kier molecular flexibility index (Phi) is 6.57. The fraction of sp³-hybridized carbons (Fsp3) is 0.263. The molecule has 8 heteroatoms. The van der Waals surface area contributed by atoms with Crippen molar-refractivity contribution in [1.29, 1.82) is 0 Å². The third-order valence-electron chi connectivity index (χ3n) is 3.83. The fourth-order valence-electron chi connectivity index (χ4n) is 2.55. The molecule has 0 radical (unpaired) electrons. The lowest BCUT2D eigenvalue weighted by Crippen LogP contribution is -2.02. The van der Waals surface area contributed by atoms with Crippen LogP contribution in [0.4, 0.5) is 0 Å². The molecule has 2 rings (SSSR count). The summed E-state index contributed by atoms with van der Waals surface area (Å²) in [6.07, 6.45) is 1.40. The van der Waals surface area contributed by atoms with Gasteiger partial charge in [-0.15, -0.1) is 0 Å². The van der Waals surface area contributed by atoms with E-state index >= 15 is 0 Å². The van der Waals surface area contributed by atoms with Gasteiger partial charge in [0, 0.05) is 23.1 Å². The van der Waals surface area contributed by atoms with Crippen LogP contribution in [-0.2, 0) is 15.6 Å². The molecule has 0 unspecified atom stereocenters. The van der Waals surface area contributed by atoms with Gasteiger partial charge in [0.05, 0.1) is 39.8 Å². The summed E-state index contributed by atoms with van der Waals surface area (Å²) in [5.74, 6) is 1.03. The van der Waals surface area contributed by atoms with Gasteiger partial charge in [-0.25, -0.2) is 8.42 Å². The van der Waals surface area contributed by atoms with Crippen molar-refractivity contribution < 1.29 is 32.5 Å². The third kappa shape index (κ3) is 4.85. The van der Waals surface area contributed by atoms with E-state index in [9.17, 15) is 13.5 Å². The molecule has 0 saturated heterocycles. The van der Waals surface area contributed by atoms with Crippen molar-refractivity contribution in [3.05, 3.63) is 46.9 Å². The summed E-state index contributed by atoms with van der Waals surface area (Å²) in [7, 11) is 2.16. The van der Waals surface area contributed by atoms with E-state index in [4.69, 9.17) is 18.9 Å². The maximum atomic E-state index is 12.5. The molecule has 0 aliphatic rings. The van der Waals surface area contributed by atoms with Gasteiger partial charge in [-0.05, 0) is 12.1 Å². The minimum Gasteiger partial charge on any atom is -0.504 e. The van der Waals surface area contributed by atoms with E-state index in [2.05, 4.69) is 0 Å². The van der Waals surface area contributed by atoms with Gasteiger partial charge in [-0.2, -0.15) is 0 Å². The van der Waals surface area contributed by atoms with Crippen molar-refractivity contribution in [2.75, 3.05) is 28.4 Å². The Balaban J connectivity index is 2.38. The first kappa shape index (κ1) is 20.4. The highest BCUT2D eigenvalue weighted by Crippen LogP contribution is 2.36. The molecule has 0 saturated carbocycles. The fourth-order valence-corrected chi connectivity index (χ4v) is 3.65. The Morgan fingerprint density at radius 3 is 2.11 bits per heavy atom. The monoisotopic (exact) mass is 394 g/mol. The normalized spacial score (nSPS) is 11.4. The lowest BCUT2D eigenvalue weighted by atomic mass is 10.1. The number of hydrogen-bond donors (Lipinski definition) is 1. The first-order valence-electron chi connectivity index (χ1n) is 7.91. The van der Waals surface area contributed by atoms with Crippen LogP contribution < -0.4 is 18.9 Å². The number of benzene rings is 2. The maximum absolute atomic E-state index is 12.5. The standard InChI is InChI=1S/C19H22O7S/c1-23-14-10-17(24-2)15(18(11-14)25-3)8-9-27(21,22)12-13-6-5-7-16(20)19(13)26-4/h5-11,20H,12H2,1-4H3. The highest BCUT2D eigenvalue weighted by Gasteiger charge is 2.16. The minimum absolute atomic E-state index is 0.118. The summed E-state index contributed by atoms with van der Waals surface area (Å²) in [5, 5.41) is 10.9. The summed E-state index contributed by atoms with van der Waals surface area (Å²) in [6, 6.07) is 7.83. The van der Waals surface area contributed by atoms with Gasteiger partial charge < -0.3 is 24.1 Å². The molecule has 2 aromatic carbocycles. The van der Waals surface area contributed by atoms with Crippen LogP contribution in [0.5, 0.6) is 28.7 Å². The SMILES string of the molecule is COc1cc(OC)c(C=CS(=O)(=O)Cc2cccc(O)c2OC)c(OC)c1. The number of para-hydroxylation sites is 1. The summed E-state index contributed by atoms with van der Waals surface area (Å²) in [4.78, 5) is 0. The number of sulfone groups is 1. The quantitative estimate of drug-likeness (QED) is 0.736. The van der Waals surface area contributed by atoms with Gasteiger partial charge in [-0.3, -0.25) is 0 Å². The van der Waals surface area contributed by atoms with E-state index in [-0.39, 0.29) is 17.3 Å². The van der Waals surface area contributed by atoms with Crippen LogP contribution in [0.2, 0.25) is 0 Å². The zero-order valence-corrected chi connectivity index (χ0v) is 16.4. The summed E-state index contributed by atoms with van der Waals surface area (Å²) in [6.45, 7) is 0. The molecule has 146 valence electrons. The van der Waals surface area contributed by atoms with E-state index in [0.717, 1.165) is 5.41 Å². The van der Waals surface area contributed by atoms with Crippen LogP contribution in [0.15, 0.2) is 35.7 Å². The average Bonchev–Trinajstić information content (AvgIpc) is 2.65. The van der Waals surface area contributed by atoms with E-state index in [1.54, 1.807) is 24.3 Å². The number of aromatic hydroxyl groups is 1. The highest BCUT2D eigenvalue weighted by molar-refractivity contribution is 7.93. The van der Waals surface area contributed by atoms with Crippen LogP contribution >= 0.6 is 0 Å². The van der Waals surface area contributed by atoms with Crippen LogP contribution in [0.3, 0.4) is 0 Å². The number of rotatable bonds is 8. The number of phenolic OH excluding ortho intramolecular Hbond substituents is 1. The molecular weight excluding hydrogens is 372 g/mol. The molecule has 0 aliphatic heterocycles. The molecule has 2 aromatic rings. The summed E-state index contributed by atoms with van der Waals surface area (Å²) >= 11 is 0. The molecule has 1 N–H and O–H groups in total. The van der Waals surface area contributed by atoms with Crippen molar-refractivity contribution >= 4 is 15.9 Å². The Bertz CT molecular complexity index is 908. The molecule has 0 amide bonds. The van der Waals surface area contributed by atoms with Crippen LogP contribution in [-0.4, -0.2) is 42.0 Å². The van der Waals surface area contributed by atoms with E-state index < -0.39 is 9.84 Å². The molecule has 27 heavy (non-hydrogen) atoms. The lowest BCUT2D eigenvalue weighted by molar-refractivity contribution is 0.370. The molecule has 0 heterocycles. The van der Waals surface area contributed by atoms with Crippen molar-refractivity contribution in [3.63, 3.8) is 0 Å². The molecule has 7 nitrogen and oxygen atoms in total. The van der Waals surface area contributed by atoms with Crippen LogP contribution in [0, 0.1) is 0 Å². The predicted molar refractivity (Wildman–Crippen MR) is 102 cm³/mol. The minimum atomic E-state index is -3.66. The van der Waals surface area contributed by atoms with Gasteiger partial charge in [-0.1, -0.05) is 12.1 Å². The van der Waals surface area contributed by atoms with Gasteiger partial charge in [0.25, 0.3) is 0 Å². The van der Waals surface area contributed by atoms with Gasteiger partial charge in [0.2, 0.25) is 0 Å². The van der Waals surface area contributed by atoms with E-state index in [1.165, 1.54) is 40.6 Å². The molecular formula is C19H22O7S. The third-order valence-corrected chi connectivity index (χ3v) is 5.10. The predicted octanol–water partition coefficient (Wildman–Crippen LogP) is 3.01. The van der Waals surface area contributed by atoms with Crippen molar-refractivity contribution in [2.45, 2.75) is 5.75 Å². The number of ether oxygens (including phenoxy) is 4. The number of phenols is 1. The first-order valence-corrected chi connectivity index (χ1v) is 9.62. The van der Waals surface area contributed by atoms with Crippen LogP contribution in [0.25, 0.3) is 6.08 Å². The Labute approximate surface area is 158 Å². The maximum Gasteiger partial charge on any atom is 0.175 e. The van der Waals surface area contributed by atoms with Crippen molar-refractivity contribution in [3.8, 4) is 28.7 Å². The van der Waals surface area contributed by atoms with E-state index in [0.29, 0.717) is 28.4 Å². The topological polar surface area (TPSA) is 91.3 Å². The largest absolute Gasteiger partial charge is 0.504 e. The molecule has 0 spiro atoms. The average molecular weight is 394 g/mol. The summed E-state index contributed by atoms with van der Waals surface area (Å²) in [5.41, 5.74) is 0.822. The Morgan fingerprint density at radius 1 is 0.963 bits per heavy atom. The highest BCUT2D eigenvalue weighted by atomic mass is 32.2. The molecule has 0 aliphatic carbocycles. The smallest absolute Gasteiger partial charge is 0.175 e. The summed E-state index contributed by atoms with van der Waals surface area (Å²) < 4.78 is 46.0. The number of methoxy groups -OCH3 is 4. The zero-order valence-electron chi connectivity index (χ0n) is 15.6. The second-order valence-corrected chi connectivity index (χ2v) is 7.41. The first-order chi connectivity index (χ1) is 12.8. The molecule has 0 atom stereocenters. The second-order valence-electron chi connectivity index (χ2n) is 5.53. The Hall–Kier alpha value is -2.87. The molecule has 0 aromatic heterocycles. The Morgan fingerprint density at radius 2 is 1.59 bits per heavy atom. The second kappa shape index (κ2) is 8.68. The van der Waals surface area contributed by atoms with Crippen LogP contribution in [0.1, 0.15) is 11.1 Å². The van der Waals surface area contributed by atoms with Gasteiger partial charge in [0.1, 0.15) is 17.2 Å². The lowest BCUT2D eigenvalue weighted by Gasteiger charge is -2.12. The van der Waals surface area contributed by atoms with Gasteiger partial charge in [0.15, 0.2) is 21.3 Å². The van der Waals surface area contributed by atoms with Crippen molar-refractivity contribution in [1.82, 2.24) is 0 Å². The molecule has 0 bridgehead atoms. The van der Waals surface area contributed by atoms with Gasteiger partial charge >= 0.3 is 0 Å². The zero-order chi connectivity index (χ0) is 20.0. The molecule has 0 fully saturated rings. The number of hydrogen-bond acceptors (Lipinski definition) is 7. The van der Waals surface area contributed by atoms with E-state index in [1.807, 2.05) is 0 Å².